The fourth-order valence-electron chi connectivity index (χ4n) is 2.96. The molecule has 110 valence electrons. The van der Waals surface area contributed by atoms with Crippen molar-refractivity contribution in [2.24, 2.45) is 11.8 Å². The second kappa shape index (κ2) is 6.11. The molecule has 1 heterocycles. The zero-order chi connectivity index (χ0) is 13.9. The zero-order valence-corrected chi connectivity index (χ0v) is 10.9. The Labute approximate surface area is 111 Å². The summed E-state index contributed by atoms with van der Waals surface area (Å²) in [5.41, 5.74) is 0. The summed E-state index contributed by atoms with van der Waals surface area (Å²) < 4.78 is 37.6. The van der Waals surface area contributed by atoms with Crippen LogP contribution in [-0.4, -0.2) is 31.2 Å². The average Bonchev–Trinajstić information content (AvgIpc) is 2.39. The molecule has 2 N–H and O–H groups in total. The Bertz CT molecular complexity index is 306. The van der Waals surface area contributed by atoms with Gasteiger partial charge in [-0.15, -0.1) is 0 Å². The van der Waals surface area contributed by atoms with Gasteiger partial charge in [-0.05, 0) is 45.1 Å². The van der Waals surface area contributed by atoms with E-state index < -0.39 is 12.1 Å². The summed E-state index contributed by atoms with van der Waals surface area (Å²) in [6, 6.07) is -0.0759. The summed E-state index contributed by atoms with van der Waals surface area (Å²) in [5.74, 6) is -1.20. The maximum Gasteiger partial charge on any atom is 0.391 e. The monoisotopic (exact) mass is 278 g/mol. The Balaban J connectivity index is 1.74. The maximum absolute atomic E-state index is 12.5. The van der Waals surface area contributed by atoms with Crippen molar-refractivity contribution in [3.05, 3.63) is 0 Å². The van der Waals surface area contributed by atoms with Crippen molar-refractivity contribution in [1.82, 2.24) is 10.6 Å². The Morgan fingerprint density at radius 2 is 1.79 bits per heavy atom. The number of amides is 1. The van der Waals surface area contributed by atoms with Gasteiger partial charge in [0.05, 0.1) is 11.8 Å². The van der Waals surface area contributed by atoms with E-state index >= 15 is 0 Å². The van der Waals surface area contributed by atoms with Gasteiger partial charge in [-0.1, -0.05) is 0 Å². The summed E-state index contributed by atoms with van der Waals surface area (Å²) in [4.78, 5) is 12.0. The Morgan fingerprint density at radius 3 is 2.32 bits per heavy atom. The lowest BCUT2D eigenvalue weighted by atomic mass is 9.85. The molecule has 3 nitrogen and oxygen atoms in total. The van der Waals surface area contributed by atoms with Gasteiger partial charge in [0, 0.05) is 12.6 Å². The first-order valence-electron chi connectivity index (χ1n) is 7.04. The number of alkyl halides is 3. The number of nitrogens with one attached hydrogen (secondary N) is 2. The number of piperidine rings is 1. The highest BCUT2D eigenvalue weighted by Crippen LogP contribution is 2.37. The fraction of sp³-hybridized carbons (Fsp3) is 0.923. The van der Waals surface area contributed by atoms with E-state index in [2.05, 4.69) is 10.6 Å². The van der Waals surface area contributed by atoms with Crippen molar-refractivity contribution in [1.29, 1.82) is 0 Å². The van der Waals surface area contributed by atoms with E-state index in [0.29, 0.717) is 19.4 Å². The lowest BCUT2D eigenvalue weighted by Gasteiger charge is -2.31. The molecule has 1 aliphatic carbocycles. The van der Waals surface area contributed by atoms with Crippen molar-refractivity contribution in [3.63, 3.8) is 0 Å². The molecule has 0 unspecified atom stereocenters. The molecule has 0 aromatic carbocycles. The van der Waals surface area contributed by atoms with Crippen LogP contribution in [0, 0.1) is 11.8 Å². The van der Waals surface area contributed by atoms with Crippen LogP contribution in [0.15, 0.2) is 0 Å². The van der Waals surface area contributed by atoms with Crippen molar-refractivity contribution >= 4 is 5.91 Å². The Hall–Kier alpha value is -0.780. The van der Waals surface area contributed by atoms with Gasteiger partial charge in [0.1, 0.15) is 0 Å². The minimum atomic E-state index is -4.08. The van der Waals surface area contributed by atoms with Gasteiger partial charge in [-0.25, -0.2) is 0 Å². The molecule has 6 heteroatoms. The fourth-order valence-corrected chi connectivity index (χ4v) is 2.96. The number of hydrogen-bond donors (Lipinski definition) is 2. The molecule has 19 heavy (non-hydrogen) atoms. The standard InChI is InChI=1S/C13H21F3N2O/c14-13(15,16)10-3-5-11(6-4-10)18-12(19)9-2-1-7-17-8-9/h9-11,17H,1-8H2,(H,18,19)/t9-,10?,11?/m1/s1. The summed E-state index contributed by atoms with van der Waals surface area (Å²) in [6.45, 7) is 1.63. The van der Waals surface area contributed by atoms with Gasteiger partial charge < -0.3 is 10.6 Å². The minimum absolute atomic E-state index is 0.00246. The van der Waals surface area contributed by atoms with Crippen LogP contribution in [0.25, 0.3) is 0 Å². The van der Waals surface area contributed by atoms with Crippen molar-refractivity contribution in [2.45, 2.75) is 50.7 Å². The molecule has 0 radical (unpaired) electrons. The molecule has 1 saturated carbocycles. The number of rotatable bonds is 2. The molecule has 2 rings (SSSR count). The highest BCUT2D eigenvalue weighted by atomic mass is 19.4. The predicted octanol–water partition coefficient (Wildman–Crippen LogP) is 2.22. The van der Waals surface area contributed by atoms with Crippen LogP contribution in [0.4, 0.5) is 13.2 Å². The van der Waals surface area contributed by atoms with E-state index in [9.17, 15) is 18.0 Å². The van der Waals surface area contributed by atoms with Gasteiger partial charge in [-0.2, -0.15) is 13.2 Å². The van der Waals surface area contributed by atoms with Crippen molar-refractivity contribution in [3.8, 4) is 0 Å². The van der Waals surface area contributed by atoms with Gasteiger partial charge in [-0.3, -0.25) is 4.79 Å². The topological polar surface area (TPSA) is 41.1 Å². The first-order chi connectivity index (χ1) is 8.97. The SMILES string of the molecule is O=C(NC1CCC(C(F)(F)F)CC1)[C@@H]1CCCNC1. The first kappa shape index (κ1) is 14.6. The normalized spacial score (nSPS) is 32.9. The molecular formula is C13H21F3N2O. The first-order valence-corrected chi connectivity index (χ1v) is 7.04. The summed E-state index contributed by atoms with van der Waals surface area (Å²) in [6.07, 6.45) is -1.07. The molecular weight excluding hydrogens is 257 g/mol. The molecule has 1 aliphatic heterocycles. The van der Waals surface area contributed by atoms with E-state index in [0.717, 1.165) is 19.4 Å². The minimum Gasteiger partial charge on any atom is -0.353 e. The third kappa shape index (κ3) is 4.09. The second-order valence-corrected chi connectivity index (χ2v) is 5.64. The highest BCUT2D eigenvalue weighted by molar-refractivity contribution is 5.79. The van der Waals surface area contributed by atoms with Crippen LogP contribution in [-0.2, 0) is 4.79 Å². The molecule has 2 aliphatic rings. The van der Waals surface area contributed by atoms with Crippen molar-refractivity contribution in [2.75, 3.05) is 13.1 Å². The predicted molar refractivity (Wildman–Crippen MR) is 65.5 cm³/mol. The largest absolute Gasteiger partial charge is 0.391 e. The van der Waals surface area contributed by atoms with E-state index in [1.54, 1.807) is 0 Å². The molecule has 1 atom stereocenters. The molecule has 1 amide bonds. The number of carbonyl (C=O) groups is 1. The Kier molecular flexibility index (Phi) is 4.71. The quantitative estimate of drug-likeness (QED) is 0.813. The number of carbonyl (C=O) groups excluding carboxylic acids is 1. The molecule has 0 bridgehead atoms. The molecule has 2 fully saturated rings. The molecule has 0 spiro atoms. The van der Waals surface area contributed by atoms with Crippen LogP contribution in [0.2, 0.25) is 0 Å². The number of hydrogen-bond acceptors (Lipinski definition) is 2. The third-order valence-electron chi connectivity index (χ3n) is 4.20. The number of halogens is 3. The van der Waals surface area contributed by atoms with Crippen LogP contribution < -0.4 is 10.6 Å². The third-order valence-corrected chi connectivity index (χ3v) is 4.20. The smallest absolute Gasteiger partial charge is 0.353 e. The lowest BCUT2D eigenvalue weighted by molar-refractivity contribution is -0.182. The lowest BCUT2D eigenvalue weighted by Crippen LogP contribution is -2.46. The summed E-state index contributed by atoms with van der Waals surface area (Å²) >= 11 is 0. The van der Waals surface area contributed by atoms with Crippen LogP contribution in [0.3, 0.4) is 0 Å². The maximum atomic E-state index is 12.5. The second-order valence-electron chi connectivity index (χ2n) is 5.64. The van der Waals surface area contributed by atoms with E-state index in [-0.39, 0.29) is 30.7 Å². The summed E-state index contributed by atoms with van der Waals surface area (Å²) in [5, 5.41) is 6.08. The van der Waals surface area contributed by atoms with E-state index in [1.807, 2.05) is 0 Å². The molecule has 1 saturated heterocycles. The van der Waals surface area contributed by atoms with Crippen LogP contribution in [0.1, 0.15) is 38.5 Å². The van der Waals surface area contributed by atoms with E-state index in [4.69, 9.17) is 0 Å². The van der Waals surface area contributed by atoms with Crippen LogP contribution >= 0.6 is 0 Å². The zero-order valence-electron chi connectivity index (χ0n) is 10.9. The molecule has 0 aromatic heterocycles. The molecule has 0 aromatic rings. The Morgan fingerprint density at radius 1 is 1.11 bits per heavy atom. The van der Waals surface area contributed by atoms with Crippen molar-refractivity contribution < 1.29 is 18.0 Å². The van der Waals surface area contributed by atoms with Gasteiger partial charge in [0.15, 0.2) is 0 Å². The van der Waals surface area contributed by atoms with Gasteiger partial charge >= 0.3 is 6.18 Å². The average molecular weight is 278 g/mol. The van der Waals surface area contributed by atoms with E-state index in [1.165, 1.54) is 0 Å². The van der Waals surface area contributed by atoms with Gasteiger partial charge in [0.2, 0.25) is 5.91 Å². The highest BCUT2D eigenvalue weighted by Gasteiger charge is 2.41. The van der Waals surface area contributed by atoms with Gasteiger partial charge in [0.25, 0.3) is 0 Å². The summed E-state index contributed by atoms with van der Waals surface area (Å²) in [7, 11) is 0. The van der Waals surface area contributed by atoms with Crippen LogP contribution in [0.5, 0.6) is 0 Å².